The molecule has 3 aromatic carbocycles. The van der Waals surface area contributed by atoms with Gasteiger partial charge in [-0.1, -0.05) is 42.5 Å². The number of nitrogens with zero attached hydrogens (tertiary/aromatic N) is 6. The molecule has 0 amide bonds. The van der Waals surface area contributed by atoms with E-state index >= 15 is 0 Å². The van der Waals surface area contributed by atoms with Crippen LogP contribution in [0.1, 0.15) is 12.2 Å². The molecule has 192 valence electrons. The maximum absolute atomic E-state index is 14.1. The molecular formula is C27H22F2N6O3. The van der Waals surface area contributed by atoms with Crippen LogP contribution in [0.5, 0.6) is 23.3 Å². The van der Waals surface area contributed by atoms with E-state index in [4.69, 9.17) is 14.2 Å². The molecule has 2 aromatic heterocycles. The lowest BCUT2D eigenvalue weighted by atomic mass is 10.3. The van der Waals surface area contributed by atoms with Gasteiger partial charge in [0.15, 0.2) is 17.3 Å². The Kier molecular flexibility index (Phi) is 6.49. The first-order chi connectivity index (χ1) is 18.7. The first-order valence-corrected chi connectivity index (χ1v) is 12.0. The number of rotatable bonds is 7. The highest BCUT2D eigenvalue weighted by Gasteiger charge is 2.25. The summed E-state index contributed by atoms with van der Waals surface area (Å²) in [5.74, 6) is 1.21. The third-order valence-corrected chi connectivity index (χ3v) is 5.89. The fourth-order valence-electron chi connectivity index (χ4n) is 4.12. The van der Waals surface area contributed by atoms with E-state index in [1.54, 1.807) is 42.5 Å². The Morgan fingerprint density at radius 2 is 1.37 bits per heavy atom. The fraction of sp³-hybridized carbons (Fsp3) is 0.185. The van der Waals surface area contributed by atoms with Crippen LogP contribution in [0.2, 0.25) is 0 Å². The highest BCUT2D eigenvalue weighted by molar-refractivity contribution is 5.77. The first-order valence-electron chi connectivity index (χ1n) is 12.0. The molecule has 0 radical (unpaired) electrons. The Labute approximate surface area is 216 Å². The standard InChI is InChI=1S/C27H22F2N6O3/c28-23(29)24-30-19-10-4-5-11-20(19)35(24)26-31-25(34-14-16-36-17-15-34)32-27(33-26)38-22-13-7-6-12-21(22)37-18-8-2-1-3-9-18/h1-13,23H,14-17H2. The van der Waals surface area contributed by atoms with Crippen molar-refractivity contribution in [1.29, 1.82) is 0 Å². The predicted molar refractivity (Wildman–Crippen MR) is 135 cm³/mol. The highest BCUT2D eigenvalue weighted by Crippen LogP contribution is 2.34. The lowest BCUT2D eigenvalue weighted by molar-refractivity contribution is 0.122. The predicted octanol–water partition coefficient (Wildman–Crippen LogP) is 5.57. The van der Waals surface area contributed by atoms with Gasteiger partial charge in [-0.05, 0) is 36.4 Å². The monoisotopic (exact) mass is 516 g/mol. The second-order valence-corrected chi connectivity index (χ2v) is 8.38. The van der Waals surface area contributed by atoms with E-state index in [1.165, 1.54) is 4.57 Å². The smallest absolute Gasteiger partial charge is 0.328 e. The molecule has 0 aliphatic carbocycles. The summed E-state index contributed by atoms with van der Waals surface area (Å²) in [4.78, 5) is 19.5. The zero-order valence-corrected chi connectivity index (χ0v) is 20.1. The van der Waals surface area contributed by atoms with E-state index in [9.17, 15) is 8.78 Å². The second kappa shape index (κ2) is 10.4. The molecule has 38 heavy (non-hydrogen) atoms. The van der Waals surface area contributed by atoms with Crippen molar-refractivity contribution in [3.05, 3.63) is 84.7 Å². The van der Waals surface area contributed by atoms with E-state index in [1.807, 2.05) is 41.3 Å². The largest absolute Gasteiger partial charge is 0.453 e. The molecule has 1 aliphatic rings. The molecule has 1 saturated heterocycles. The Morgan fingerprint density at radius 1 is 0.711 bits per heavy atom. The molecule has 1 fully saturated rings. The number of anilines is 1. The summed E-state index contributed by atoms with van der Waals surface area (Å²) in [6.07, 6.45) is -2.85. The number of hydrogen-bond acceptors (Lipinski definition) is 8. The third kappa shape index (κ3) is 4.83. The number of ether oxygens (including phenoxy) is 3. The van der Waals surface area contributed by atoms with Gasteiger partial charge in [-0.25, -0.2) is 13.8 Å². The van der Waals surface area contributed by atoms with Crippen molar-refractivity contribution >= 4 is 17.0 Å². The van der Waals surface area contributed by atoms with E-state index < -0.39 is 12.2 Å². The topological polar surface area (TPSA) is 87.4 Å². The molecule has 0 saturated carbocycles. The van der Waals surface area contributed by atoms with Crippen molar-refractivity contribution in [2.45, 2.75) is 6.43 Å². The summed E-state index contributed by atoms with van der Waals surface area (Å²) in [5, 5.41) is 0. The number of aromatic nitrogens is 5. The molecule has 0 spiro atoms. The average molecular weight is 517 g/mol. The first kappa shape index (κ1) is 23.7. The third-order valence-electron chi connectivity index (χ3n) is 5.89. The van der Waals surface area contributed by atoms with Crippen molar-refractivity contribution in [2.75, 3.05) is 31.2 Å². The number of hydrogen-bond donors (Lipinski definition) is 0. The minimum Gasteiger partial charge on any atom is -0.453 e. The van der Waals surface area contributed by atoms with Gasteiger partial charge in [0.1, 0.15) is 5.75 Å². The number of alkyl halides is 2. The Hall–Kier alpha value is -4.64. The van der Waals surface area contributed by atoms with Gasteiger partial charge < -0.3 is 19.1 Å². The fourth-order valence-corrected chi connectivity index (χ4v) is 4.12. The van der Waals surface area contributed by atoms with Gasteiger partial charge in [0, 0.05) is 13.1 Å². The van der Waals surface area contributed by atoms with Gasteiger partial charge in [0.25, 0.3) is 6.43 Å². The van der Waals surface area contributed by atoms with Crippen LogP contribution < -0.4 is 14.4 Å². The van der Waals surface area contributed by atoms with Crippen LogP contribution >= 0.6 is 0 Å². The van der Waals surface area contributed by atoms with Crippen LogP contribution in [0.3, 0.4) is 0 Å². The van der Waals surface area contributed by atoms with E-state index in [0.29, 0.717) is 54.6 Å². The van der Waals surface area contributed by atoms with Gasteiger partial charge in [-0.3, -0.25) is 4.57 Å². The Bertz CT molecular complexity index is 1560. The summed E-state index contributed by atoms with van der Waals surface area (Å²) >= 11 is 0. The molecule has 0 unspecified atom stereocenters. The summed E-state index contributed by atoms with van der Waals surface area (Å²) in [5.41, 5.74) is 0.848. The normalized spacial score (nSPS) is 13.7. The van der Waals surface area contributed by atoms with Crippen molar-refractivity contribution < 1.29 is 23.0 Å². The quantitative estimate of drug-likeness (QED) is 0.278. The van der Waals surface area contributed by atoms with Gasteiger partial charge >= 0.3 is 6.01 Å². The van der Waals surface area contributed by atoms with E-state index in [-0.39, 0.29) is 17.9 Å². The van der Waals surface area contributed by atoms with Crippen molar-refractivity contribution in [2.24, 2.45) is 0 Å². The zero-order chi connectivity index (χ0) is 25.9. The molecule has 9 nitrogen and oxygen atoms in total. The van der Waals surface area contributed by atoms with Crippen molar-refractivity contribution in [3.8, 4) is 29.2 Å². The zero-order valence-electron chi connectivity index (χ0n) is 20.1. The van der Waals surface area contributed by atoms with Crippen LogP contribution in [0.4, 0.5) is 14.7 Å². The van der Waals surface area contributed by atoms with E-state index in [2.05, 4.69) is 19.9 Å². The molecular weight excluding hydrogens is 494 g/mol. The molecule has 0 bridgehead atoms. The molecule has 6 rings (SSSR count). The summed E-state index contributed by atoms with van der Waals surface area (Å²) in [7, 11) is 0. The van der Waals surface area contributed by atoms with Gasteiger partial charge in [0.05, 0.1) is 24.2 Å². The van der Waals surface area contributed by atoms with Crippen LogP contribution in [0.25, 0.3) is 17.0 Å². The lowest BCUT2D eigenvalue weighted by Gasteiger charge is -2.27. The van der Waals surface area contributed by atoms with Gasteiger partial charge in [-0.15, -0.1) is 0 Å². The maximum Gasteiger partial charge on any atom is 0.328 e. The number of morpholine rings is 1. The molecule has 5 aromatic rings. The number of benzene rings is 3. The summed E-state index contributed by atoms with van der Waals surface area (Å²) in [6, 6.07) is 23.1. The summed E-state index contributed by atoms with van der Waals surface area (Å²) in [6.45, 7) is 2.04. The number of fused-ring (bicyclic) bond motifs is 1. The van der Waals surface area contributed by atoms with Crippen molar-refractivity contribution in [3.63, 3.8) is 0 Å². The molecule has 11 heteroatoms. The van der Waals surface area contributed by atoms with Gasteiger partial charge in [0.2, 0.25) is 11.9 Å². The molecule has 0 N–H and O–H groups in total. The molecule has 0 atom stereocenters. The minimum atomic E-state index is -2.85. The Morgan fingerprint density at radius 3 is 2.13 bits per heavy atom. The highest BCUT2D eigenvalue weighted by atomic mass is 19.3. The molecule has 3 heterocycles. The average Bonchev–Trinajstić information content (AvgIpc) is 3.35. The second-order valence-electron chi connectivity index (χ2n) is 8.38. The maximum atomic E-state index is 14.1. The Balaban J connectivity index is 1.45. The van der Waals surface area contributed by atoms with Crippen molar-refractivity contribution in [1.82, 2.24) is 24.5 Å². The number of halogens is 2. The van der Waals surface area contributed by atoms with Crippen LogP contribution in [-0.4, -0.2) is 50.8 Å². The molecule has 1 aliphatic heterocycles. The van der Waals surface area contributed by atoms with Gasteiger partial charge in [-0.2, -0.15) is 15.0 Å². The van der Waals surface area contributed by atoms with E-state index in [0.717, 1.165) is 0 Å². The number of para-hydroxylation sites is 5. The summed E-state index contributed by atoms with van der Waals surface area (Å²) < 4.78 is 47.0. The minimum absolute atomic E-state index is 0.0260. The van der Waals surface area contributed by atoms with Crippen LogP contribution in [0.15, 0.2) is 78.9 Å². The van der Waals surface area contributed by atoms with Crippen LogP contribution in [-0.2, 0) is 4.74 Å². The SMILES string of the molecule is FC(F)c1nc2ccccc2n1-c1nc(Oc2ccccc2Oc2ccccc2)nc(N2CCOCC2)n1. The number of imidazole rings is 1. The van der Waals surface area contributed by atoms with Crippen LogP contribution in [0, 0.1) is 0 Å². The lowest BCUT2D eigenvalue weighted by Crippen LogP contribution is -2.37.